The van der Waals surface area contributed by atoms with Gasteiger partial charge >= 0.3 is 151 Å². The number of rotatable bonds is 4. The van der Waals surface area contributed by atoms with Crippen LogP contribution in [0.3, 0.4) is 0 Å². The van der Waals surface area contributed by atoms with Gasteiger partial charge < -0.3 is 0 Å². The molecule has 1 aromatic heterocycles. The number of nitrogens with zero attached hydrogens (tertiary/aromatic N) is 3. The second-order valence-electron chi connectivity index (χ2n) is 5.31. The molecule has 0 unspecified atom stereocenters. The number of aromatic nitrogens is 1. The van der Waals surface area contributed by atoms with E-state index >= 15 is 0 Å². The number of hydrogen-bond donors (Lipinski definition) is 4. The SMILES string of the molecule is CC1=C(C(=O)O)N2C(=O)[C@@H](NC(=O)/C(=N\O)c3c[se]c(N)n3)[C@H]2SC1. The molecule has 132 valence electrons. The number of carbonyl (C=O) groups is 3. The van der Waals surface area contributed by atoms with Crippen LogP contribution in [0, 0.1) is 0 Å². The van der Waals surface area contributed by atoms with Crippen molar-refractivity contribution in [2.45, 2.75) is 18.3 Å². The van der Waals surface area contributed by atoms with Crippen molar-refractivity contribution in [1.82, 2.24) is 15.2 Å². The van der Waals surface area contributed by atoms with E-state index in [0.717, 1.165) is 0 Å². The summed E-state index contributed by atoms with van der Waals surface area (Å²) in [6.07, 6.45) is 0. The number of carboxylic acid groups (broad SMARTS) is 1. The summed E-state index contributed by atoms with van der Waals surface area (Å²) in [5.41, 5.74) is 5.92. The molecule has 0 saturated carbocycles. The van der Waals surface area contributed by atoms with Crippen molar-refractivity contribution in [3.8, 4) is 0 Å². The summed E-state index contributed by atoms with van der Waals surface area (Å²) in [6.45, 7) is 1.65. The second kappa shape index (κ2) is 6.54. The van der Waals surface area contributed by atoms with E-state index in [1.807, 2.05) is 0 Å². The molecule has 0 radical (unpaired) electrons. The van der Waals surface area contributed by atoms with Crippen LogP contribution in [0.1, 0.15) is 12.6 Å². The molecule has 1 saturated heterocycles. The zero-order valence-electron chi connectivity index (χ0n) is 12.8. The van der Waals surface area contributed by atoms with E-state index < -0.39 is 29.2 Å². The molecule has 2 atom stereocenters. The van der Waals surface area contributed by atoms with Crippen LogP contribution in [0.2, 0.25) is 0 Å². The maximum absolute atomic E-state index is 12.3. The Hall–Kier alpha value is -2.30. The summed E-state index contributed by atoms with van der Waals surface area (Å²) >= 11 is 1.14. The van der Waals surface area contributed by atoms with Crippen molar-refractivity contribution in [1.29, 1.82) is 0 Å². The first-order valence-electron chi connectivity index (χ1n) is 6.97. The number of nitrogens with two attached hydrogens (primary N) is 1. The van der Waals surface area contributed by atoms with Gasteiger partial charge in [-0.15, -0.1) is 0 Å². The van der Waals surface area contributed by atoms with Gasteiger partial charge in [0.2, 0.25) is 0 Å². The van der Waals surface area contributed by atoms with E-state index in [1.54, 1.807) is 11.9 Å². The van der Waals surface area contributed by atoms with Gasteiger partial charge in [-0.2, -0.15) is 0 Å². The van der Waals surface area contributed by atoms with E-state index in [4.69, 9.17) is 10.9 Å². The van der Waals surface area contributed by atoms with Crippen molar-refractivity contribution in [3.63, 3.8) is 0 Å². The molecule has 12 heteroatoms. The summed E-state index contributed by atoms with van der Waals surface area (Å²) in [6, 6.07) is -0.898. The van der Waals surface area contributed by atoms with Crippen LogP contribution in [-0.4, -0.2) is 75.4 Å². The minimum absolute atomic E-state index is 0.0473. The van der Waals surface area contributed by atoms with E-state index in [9.17, 15) is 19.5 Å². The normalized spacial score (nSPS) is 23.2. The third-order valence-electron chi connectivity index (χ3n) is 3.73. The van der Waals surface area contributed by atoms with Crippen LogP contribution in [-0.2, 0) is 14.4 Å². The van der Waals surface area contributed by atoms with Gasteiger partial charge in [-0.05, 0) is 0 Å². The Kier molecular flexibility index (Phi) is 4.58. The number of oxime groups is 1. The zero-order chi connectivity index (χ0) is 18.3. The molecule has 3 rings (SSSR count). The van der Waals surface area contributed by atoms with Crippen LogP contribution in [0.25, 0.3) is 0 Å². The molecule has 0 bridgehead atoms. The summed E-state index contributed by atoms with van der Waals surface area (Å²) in [7, 11) is 0. The van der Waals surface area contributed by atoms with Gasteiger partial charge in [-0.3, -0.25) is 0 Å². The molecule has 5 N–H and O–H groups in total. The average molecular weight is 430 g/mol. The number of amides is 2. The van der Waals surface area contributed by atoms with Gasteiger partial charge in [0.15, 0.2) is 0 Å². The molecule has 2 aliphatic heterocycles. The maximum atomic E-state index is 12.3. The third kappa shape index (κ3) is 2.92. The Balaban J connectivity index is 1.76. The first kappa shape index (κ1) is 17.5. The third-order valence-corrected chi connectivity index (χ3v) is 6.57. The molecule has 0 spiro atoms. The number of fused-ring (bicyclic) bond motifs is 1. The molecule has 1 fully saturated rings. The first-order valence-corrected chi connectivity index (χ1v) is 9.86. The fourth-order valence-electron chi connectivity index (χ4n) is 2.59. The Labute approximate surface area is 151 Å². The number of β-lactam (4-membered cyclic amide) rings is 1. The quantitative estimate of drug-likeness (QED) is 0.150. The molecular weight excluding hydrogens is 417 g/mol. The fourth-order valence-corrected chi connectivity index (χ4v) is 5.04. The topological polar surface area (TPSA) is 158 Å². The Morgan fingerprint density at radius 2 is 2.28 bits per heavy atom. The number of aliphatic carboxylic acids is 1. The molecule has 2 aliphatic rings. The number of hydrogen-bond acceptors (Lipinski definition) is 8. The van der Waals surface area contributed by atoms with Crippen molar-refractivity contribution in [2.24, 2.45) is 5.16 Å². The van der Waals surface area contributed by atoms with Gasteiger partial charge in [-0.25, -0.2) is 0 Å². The summed E-state index contributed by atoms with van der Waals surface area (Å²) in [5.74, 6) is -2.03. The monoisotopic (exact) mass is 431 g/mol. The molecule has 2 amide bonds. The van der Waals surface area contributed by atoms with E-state index in [-0.39, 0.29) is 31.6 Å². The van der Waals surface area contributed by atoms with Crippen molar-refractivity contribution in [2.75, 3.05) is 11.5 Å². The van der Waals surface area contributed by atoms with Crippen molar-refractivity contribution >= 4 is 54.5 Å². The minimum atomic E-state index is -1.18. The molecule has 10 nitrogen and oxygen atoms in total. The number of nitrogen functional groups attached to an aromatic ring is 1. The molecule has 25 heavy (non-hydrogen) atoms. The van der Waals surface area contributed by atoms with Crippen LogP contribution >= 0.6 is 11.8 Å². The number of anilines is 1. The number of carbonyl (C=O) groups excluding carboxylic acids is 2. The van der Waals surface area contributed by atoms with E-state index in [2.05, 4.69) is 15.5 Å². The fraction of sp³-hybridized carbons (Fsp3) is 0.308. The number of carboxylic acids is 1. The average Bonchev–Trinajstić information content (AvgIpc) is 2.98. The van der Waals surface area contributed by atoms with Gasteiger partial charge in [-0.1, -0.05) is 0 Å². The van der Waals surface area contributed by atoms with Gasteiger partial charge in [0, 0.05) is 0 Å². The molecule has 3 heterocycles. The molecular formula is C13H13N5O5SSe. The zero-order valence-corrected chi connectivity index (χ0v) is 15.3. The standard InChI is InChI=1S/C13H13N5O5SSe/c1-4-2-24-11-7(10(20)18(11)8(4)12(21)22)16-9(19)6(17-23)5-3-25-13(14)15-5/h3,7,11,23H,2H2,1H3,(H2,14,15)(H,16,19)(H,21,22)/b17-6-/t7-,11-/m1/s1. The van der Waals surface area contributed by atoms with Gasteiger partial charge in [0.1, 0.15) is 0 Å². The van der Waals surface area contributed by atoms with Crippen LogP contribution in [0.15, 0.2) is 21.4 Å². The predicted molar refractivity (Wildman–Crippen MR) is 89.3 cm³/mol. The van der Waals surface area contributed by atoms with Crippen LogP contribution < -0.4 is 11.1 Å². The summed E-state index contributed by atoms with van der Waals surface area (Å²) < 4.78 is 0.344. The van der Waals surface area contributed by atoms with Crippen molar-refractivity contribution < 1.29 is 24.7 Å². The number of thioether (sulfide) groups is 1. The van der Waals surface area contributed by atoms with E-state index in [1.165, 1.54) is 16.7 Å². The van der Waals surface area contributed by atoms with E-state index in [0.29, 0.717) is 16.0 Å². The van der Waals surface area contributed by atoms with Crippen molar-refractivity contribution in [3.05, 3.63) is 21.9 Å². The Morgan fingerprint density at radius 1 is 1.56 bits per heavy atom. The molecule has 1 aromatic rings. The second-order valence-corrected chi connectivity index (χ2v) is 8.29. The number of nitrogens with one attached hydrogen (secondary N) is 1. The predicted octanol–water partition coefficient (Wildman–Crippen LogP) is -1.34. The molecule has 0 aromatic carbocycles. The van der Waals surface area contributed by atoms with Crippen LogP contribution in [0.4, 0.5) is 4.69 Å². The summed E-state index contributed by atoms with van der Waals surface area (Å²) in [5, 5.41) is 23.3. The van der Waals surface area contributed by atoms with Crippen LogP contribution in [0.5, 0.6) is 0 Å². The van der Waals surface area contributed by atoms with Gasteiger partial charge in [0.25, 0.3) is 0 Å². The Morgan fingerprint density at radius 3 is 2.84 bits per heavy atom. The Bertz CT molecular complexity index is 835. The molecule has 0 aliphatic carbocycles. The van der Waals surface area contributed by atoms with Gasteiger partial charge in [0.05, 0.1) is 0 Å². The first-order chi connectivity index (χ1) is 11.8. The summed E-state index contributed by atoms with van der Waals surface area (Å²) in [4.78, 5) is 42.7.